The van der Waals surface area contributed by atoms with Crippen molar-refractivity contribution in [3.8, 4) is 5.75 Å². The number of ether oxygens (including phenoxy) is 1. The van der Waals surface area contributed by atoms with E-state index in [0.29, 0.717) is 37.9 Å². The first-order chi connectivity index (χ1) is 21.4. The molecule has 1 aliphatic rings. The van der Waals surface area contributed by atoms with Gasteiger partial charge in [-0.1, -0.05) is 73.2 Å². The first-order valence-electron chi connectivity index (χ1n) is 14.9. The molecule has 1 atom stereocenters. The Morgan fingerprint density at radius 1 is 1.00 bits per heavy atom. The summed E-state index contributed by atoms with van der Waals surface area (Å²) in [5.41, 5.74) is 1.90. The van der Waals surface area contributed by atoms with Crippen LogP contribution in [0.15, 0.2) is 70.0 Å². The summed E-state index contributed by atoms with van der Waals surface area (Å²) >= 11 is 15.8. The second-order valence-electron chi connectivity index (χ2n) is 11.2. The molecule has 1 saturated carbocycles. The highest BCUT2D eigenvalue weighted by Gasteiger charge is 2.34. The van der Waals surface area contributed by atoms with E-state index in [1.807, 2.05) is 13.8 Å². The predicted octanol–water partition coefficient (Wildman–Crippen LogP) is 7.52. The number of rotatable bonds is 12. The van der Waals surface area contributed by atoms with Crippen LogP contribution < -0.4 is 14.4 Å². The third-order valence-electron chi connectivity index (χ3n) is 7.99. The number of aryl methyl sites for hydroxylation is 1. The lowest BCUT2D eigenvalue weighted by atomic mass is 9.95. The van der Waals surface area contributed by atoms with Crippen molar-refractivity contribution in [1.29, 1.82) is 0 Å². The Balaban J connectivity index is 1.73. The SMILES string of the molecule is CC[C@@H](C(=O)NC1CCCCC1)N(Cc1ccc(Cl)c(Cl)c1)C(=O)CN(c1ccc(C)cc1)S(=O)(=O)c1ccc(OC)c(Br)c1. The van der Waals surface area contributed by atoms with Crippen LogP contribution in [0.1, 0.15) is 56.6 Å². The molecule has 3 aromatic carbocycles. The van der Waals surface area contributed by atoms with E-state index in [-0.39, 0.29) is 23.4 Å². The largest absolute Gasteiger partial charge is 0.496 e. The van der Waals surface area contributed by atoms with E-state index in [0.717, 1.165) is 42.0 Å². The Labute approximate surface area is 284 Å². The van der Waals surface area contributed by atoms with E-state index >= 15 is 0 Å². The Kier molecular flexibility index (Phi) is 12.2. The highest BCUT2D eigenvalue weighted by Crippen LogP contribution is 2.31. The van der Waals surface area contributed by atoms with Crippen molar-refractivity contribution in [3.63, 3.8) is 0 Å². The summed E-state index contributed by atoms with van der Waals surface area (Å²) in [6.45, 7) is 3.22. The summed E-state index contributed by atoms with van der Waals surface area (Å²) in [5.74, 6) is -0.334. The molecular formula is C33H38BrCl2N3O5S. The highest BCUT2D eigenvalue weighted by molar-refractivity contribution is 9.10. The molecule has 1 N–H and O–H groups in total. The van der Waals surface area contributed by atoms with Crippen LogP contribution >= 0.6 is 39.1 Å². The molecule has 0 bridgehead atoms. The summed E-state index contributed by atoms with van der Waals surface area (Å²) in [5, 5.41) is 3.83. The molecule has 1 fully saturated rings. The fourth-order valence-corrected chi connectivity index (χ4v) is 7.93. The van der Waals surface area contributed by atoms with E-state index in [2.05, 4.69) is 21.2 Å². The van der Waals surface area contributed by atoms with Gasteiger partial charge in [-0.25, -0.2) is 8.42 Å². The van der Waals surface area contributed by atoms with E-state index in [1.165, 1.54) is 24.1 Å². The number of halogens is 3. The molecule has 242 valence electrons. The van der Waals surface area contributed by atoms with Crippen LogP contribution in [0.4, 0.5) is 5.69 Å². The normalized spacial score (nSPS) is 14.4. The molecule has 0 spiro atoms. The lowest BCUT2D eigenvalue weighted by Gasteiger charge is -2.34. The lowest BCUT2D eigenvalue weighted by Crippen LogP contribution is -2.54. The number of nitrogens with zero attached hydrogens (tertiary/aromatic N) is 2. The van der Waals surface area contributed by atoms with E-state index in [1.54, 1.807) is 48.5 Å². The molecule has 8 nitrogen and oxygen atoms in total. The zero-order valence-electron chi connectivity index (χ0n) is 25.6. The monoisotopic (exact) mass is 737 g/mol. The molecule has 1 aliphatic carbocycles. The van der Waals surface area contributed by atoms with Gasteiger partial charge >= 0.3 is 0 Å². The van der Waals surface area contributed by atoms with Crippen molar-refractivity contribution in [2.75, 3.05) is 18.0 Å². The maximum Gasteiger partial charge on any atom is 0.264 e. The minimum atomic E-state index is -4.24. The third kappa shape index (κ3) is 8.73. The Bertz CT molecular complexity index is 1620. The van der Waals surface area contributed by atoms with Crippen LogP contribution in [-0.2, 0) is 26.2 Å². The Morgan fingerprint density at radius 3 is 2.29 bits per heavy atom. The molecule has 0 heterocycles. The molecule has 0 radical (unpaired) electrons. The van der Waals surface area contributed by atoms with Crippen molar-refractivity contribution < 1.29 is 22.7 Å². The molecule has 0 aromatic heterocycles. The number of methoxy groups -OCH3 is 1. The van der Waals surface area contributed by atoms with Crippen molar-refractivity contribution in [1.82, 2.24) is 10.2 Å². The maximum atomic E-state index is 14.3. The van der Waals surface area contributed by atoms with Gasteiger partial charge in [0.05, 0.1) is 32.2 Å². The minimum Gasteiger partial charge on any atom is -0.496 e. The van der Waals surface area contributed by atoms with E-state index in [9.17, 15) is 18.0 Å². The van der Waals surface area contributed by atoms with Gasteiger partial charge in [-0.15, -0.1) is 0 Å². The average molecular weight is 740 g/mol. The van der Waals surface area contributed by atoms with Gasteiger partial charge in [0.15, 0.2) is 0 Å². The van der Waals surface area contributed by atoms with Crippen LogP contribution in [0.2, 0.25) is 10.0 Å². The van der Waals surface area contributed by atoms with Gasteiger partial charge in [-0.2, -0.15) is 0 Å². The van der Waals surface area contributed by atoms with Gasteiger partial charge in [0.25, 0.3) is 10.0 Å². The quantitative estimate of drug-likeness (QED) is 0.207. The van der Waals surface area contributed by atoms with Gasteiger partial charge in [0, 0.05) is 12.6 Å². The maximum absolute atomic E-state index is 14.3. The number of hydrogen-bond donors (Lipinski definition) is 1. The van der Waals surface area contributed by atoms with Crippen molar-refractivity contribution in [2.45, 2.75) is 75.9 Å². The number of nitrogens with one attached hydrogen (secondary N) is 1. The summed E-state index contributed by atoms with van der Waals surface area (Å²) in [4.78, 5) is 29.5. The zero-order chi connectivity index (χ0) is 32.7. The topological polar surface area (TPSA) is 96.0 Å². The number of benzene rings is 3. The molecule has 3 aromatic rings. The van der Waals surface area contributed by atoms with Crippen molar-refractivity contribution in [3.05, 3.63) is 86.3 Å². The van der Waals surface area contributed by atoms with Gasteiger partial charge in [0.1, 0.15) is 18.3 Å². The standard InChI is InChI=1S/C33H38BrCl2N3O5S/c1-4-30(33(41)37-24-8-6-5-7-9-24)38(20-23-12-16-28(35)29(36)18-23)32(40)21-39(25-13-10-22(2)11-14-25)45(42,43)26-15-17-31(44-3)27(34)19-26/h10-19,24,30H,4-9,20-21H2,1-3H3,(H,37,41)/t30-/m0/s1. The fourth-order valence-electron chi connectivity index (χ4n) is 5.47. The van der Waals surface area contributed by atoms with Crippen molar-refractivity contribution >= 4 is 66.7 Å². The Hall–Kier alpha value is -2.79. The number of anilines is 1. The van der Waals surface area contributed by atoms with Gasteiger partial charge < -0.3 is 15.0 Å². The smallest absolute Gasteiger partial charge is 0.264 e. The van der Waals surface area contributed by atoms with Crippen LogP contribution in [0, 0.1) is 6.92 Å². The number of sulfonamides is 1. The van der Waals surface area contributed by atoms with Gasteiger partial charge in [-0.05, 0) is 90.1 Å². The van der Waals surface area contributed by atoms with Crippen LogP contribution in [0.3, 0.4) is 0 Å². The first kappa shape index (κ1) is 35.1. The molecule has 4 rings (SSSR count). The number of amides is 2. The average Bonchev–Trinajstić information content (AvgIpc) is 3.02. The Morgan fingerprint density at radius 2 is 1.69 bits per heavy atom. The van der Waals surface area contributed by atoms with Crippen LogP contribution in [-0.4, -0.2) is 50.9 Å². The molecule has 0 unspecified atom stereocenters. The first-order valence-corrected chi connectivity index (χ1v) is 17.9. The molecule has 0 saturated heterocycles. The molecular weight excluding hydrogens is 701 g/mol. The van der Waals surface area contributed by atoms with E-state index < -0.39 is 28.5 Å². The molecule has 45 heavy (non-hydrogen) atoms. The number of carbonyl (C=O) groups excluding carboxylic acids is 2. The second-order valence-corrected chi connectivity index (χ2v) is 14.7. The van der Waals surface area contributed by atoms with Crippen molar-refractivity contribution in [2.24, 2.45) is 0 Å². The van der Waals surface area contributed by atoms with Gasteiger partial charge in [0.2, 0.25) is 11.8 Å². The van der Waals surface area contributed by atoms with Crippen LogP contribution in [0.5, 0.6) is 5.75 Å². The number of carbonyl (C=O) groups is 2. The van der Waals surface area contributed by atoms with E-state index in [4.69, 9.17) is 27.9 Å². The molecule has 2 amide bonds. The molecule has 0 aliphatic heterocycles. The third-order valence-corrected chi connectivity index (χ3v) is 11.1. The van der Waals surface area contributed by atoms with Gasteiger partial charge in [-0.3, -0.25) is 13.9 Å². The van der Waals surface area contributed by atoms with Crippen LogP contribution in [0.25, 0.3) is 0 Å². The lowest BCUT2D eigenvalue weighted by molar-refractivity contribution is -0.140. The summed E-state index contributed by atoms with van der Waals surface area (Å²) in [6.07, 6.45) is 5.32. The summed E-state index contributed by atoms with van der Waals surface area (Å²) in [6, 6.07) is 15.5. The molecule has 12 heteroatoms. The summed E-state index contributed by atoms with van der Waals surface area (Å²) in [7, 11) is -2.75. The second kappa shape index (κ2) is 15.7. The fraction of sp³-hybridized carbons (Fsp3) is 0.394. The highest BCUT2D eigenvalue weighted by atomic mass is 79.9. The predicted molar refractivity (Wildman–Crippen MR) is 183 cm³/mol. The zero-order valence-corrected chi connectivity index (χ0v) is 29.5. The minimum absolute atomic E-state index is 0.0262. The summed E-state index contributed by atoms with van der Waals surface area (Å²) < 4.78 is 35.2. The number of hydrogen-bond acceptors (Lipinski definition) is 5.